The molecule has 0 aliphatic carbocycles. The van der Waals surface area contributed by atoms with Crippen LogP contribution in [-0.4, -0.2) is 5.78 Å². The van der Waals surface area contributed by atoms with Gasteiger partial charge < -0.3 is 0 Å². The third kappa shape index (κ3) is 2.47. The van der Waals surface area contributed by atoms with Crippen LogP contribution in [0.5, 0.6) is 0 Å². The minimum atomic E-state index is 0.162. The first kappa shape index (κ1) is 11.4. The normalized spacial score (nSPS) is 14.2. The second-order valence-electron chi connectivity index (χ2n) is 4.04. The van der Waals surface area contributed by atoms with Crippen molar-refractivity contribution in [3.05, 3.63) is 11.1 Å². The fourth-order valence-electron chi connectivity index (χ4n) is 1.04. The molecule has 0 bridgehead atoms. The van der Waals surface area contributed by atoms with Crippen LogP contribution in [0.4, 0.5) is 0 Å². The third-order valence-corrected chi connectivity index (χ3v) is 2.99. The summed E-state index contributed by atoms with van der Waals surface area (Å²) in [5, 5.41) is 0. The molecule has 0 rings (SSSR count). The van der Waals surface area contributed by atoms with Crippen LogP contribution in [0.2, 0.25) is 0 Å². The minimum absolute atomic E-state index is 0.162. The number of hydrogen-bond donors (Lipinski definition) is 0. The first-order valence-electron chi connectivity index (χ1n) is 4.51. The number of hydrogen-bond acceptors (Lipinski definition) is 1. The Hall–Kier alpha value is -0.590. The highest BCUT2D eigenvalue weighted by Crippen LogP contribution is 2.31. The zero-order chi connectivity index (χ0) is 9.94. The smallest absolute Gasteiger partial charge is 0.155 e. The molecule has 0 aromatic carbocycles. The molecule has 0 saturated carbocycles. The van der Waals surface area contributed by atoms with Gasteiger partial charge in [0.1, 0.15) is 0 Å². The molecule has 0 aliphatic heterocycles. The van der Waals surface area contributed by atoms with Gasteiger partial charge in [-0.2, -0.15) is 0 Å². The van der Waals surface area contributed by atoms with Crippen LogP contribution < -0.4 is 0 Å². The molecule has 0 saturated heterocycles. The lowest BCUT2D eigenvalue weighted by atomic mass is 9.80. The van der Waals surface area contributed by atoms with Crippen LogP contribution in [0.3, 0.4) is 0 Å². The number of allylic oxidation sites excluding steroid dienone is 2. The van der Waals surface area contributed by atoms with Gasteiger partial charge in [0.15, 0.2) is 5.78 Å². The van der Waals surface area contributed by atoms with Gasteiger partial charge in [-0.1, -0.05) is 26.3 Å². The molecule has 1 nitrogen and oxygen atoms in total. The highest BCUT2D eigenvalue weighted by atomic mass is 16.1. The maximum Gasteiger partial charge on any atom is 0.155 e. The van der Waals surface area contributed by atoms with Crippen molar-refractivity contribution in [2.75, 3.05) is 0 Å². The summed E-state index contributed by atoms with van der Waals surface area (Å²) in [6.45, 7) is 12.1. The first-order valence-corrected chi connectivity index (χ1v) is 4.51. The quantitative estimate of drug-likeness (QED) is 0.591. The van der Waals surface area contributed by atoms with Crippen molar-refractivity contribution in [1.29, 1.82) is 0 Å². The van der Waals surface area contributed by atoms with E-state index >= 15 is 0 Å². The van der Waals surface area contributed by atoms with Crippen molar-refractivity contribution in [1.82, 2.24) is 0 Å². The van der Waals surface area contributed by atoms with Gasteiger partial charge in [-0.05, 0) is 38.2 Å². The average molecular weight is 168 g/mol. The van der Waals surface area contributed by atoms with Gasteiger partial charge in [0.05, 0.1) is 0 Å². The van der Waals surface area contributed by atoms with Crippen molar-refractivity contribution >= 4 is 5.78 Å². The lowest BCUT2D eigenvalue weighted by Crippen LogP contribution is -2.14. The van der Waals surface area contributed by atoms with Gasteiger partial charge in [0, 0.05) is 0 Å². The topological polar surface area (TPSA) is 17.1 Å². The molecule has 12 heavy (non-hydrogen) atoms. The predicted octanol–water partition coefficient (Wildman–Crippen LogP) is 3.35. The largest absolute Gasteiger partial charge is 0.295 e. The molecule has 1 heteroatoms. The van der Waals surface area contributed by atoms with Crippen molar-refractivity contribution in [2.24, 2.45) is 5.41 Å². The maximum atomic E-state index is 11.1. The fraction of sp³-hybridized carbons (Fsp3) is 0.727. The highest BCUT2D eigenvalue weighted by Gasteiger charge is 2.20. The van der Waals surface area contributed by atoms with Gasteiger partial charge >= 0.3 is 0 Å². The van der Waals surface area contributed by atoms with E-state index < -0.39 is 0 Å². The minimum Gasteiger partial charge on any atom is -0.295 e. The van der Waals surface area contributed by atoms with E-state index in [-0.39, 0.29) is 11.2 Å². The molecule has 0 aromatic rings. The van der Waals surface area contributed by atoms with Crippen molar-refractivity contribution < 1.29 is 4.79 Å². The van der Waals surface area contributed by atoms with E-state index in [2.05, 4.69) is 27.7 Å². The molecule has 0 unspecified atom stereocenters. The summed E-state index contributed by atoms with van der Waals surface area (Å²) in [5.41, 5.74) is 2.30. The summed E-state index contributed by atoms with van der Waals surface area (Å²) in [4.78, 5) is 11.1. The van der Waals surface area contributed by atoms with Crippen molar-refractivity contribution in [3.63, 3.8) is 0 Å². The molecule has 0 N–H and O–H groups in total. The molecular formula is C11H20O. The Morgan fingerprint density at radius 1 is 1.17 bits per heavy atom. The molecule has 0 amide bonds. The molecule has 0 spiro atoms. The van der Waals surface area contributed by atoms with E-state index in [4.69, 9.17) is 0 Å². The second-order valence-corrected chi connectivity index (χ2v) is 4.04. The third-order valence-electron chi connectivity index (χ3n) is 2.99. The van der Waals surface area contributed by atoms with Crippen molar-refractivity contribution in [2.45, 2.75) is 48.0 Å². The van der Waals surface area contributed by atoms with Gasteiger partial charge in [-0.15, -0.1) is 0 Å². The summed E-state index contributed by atoms with van der Waals surface area (Å²) in [5.74, 6) is 0.189. The van der Waals surface area contributed by atoms with E-state index in [1.165, 1.54) is 5.57 Å². The monoisotopic (exact) mass is 168 g/mol. The van der Waals surface area contributed by atoms with Gasteiger partial charge in [0.25, 0.3) is 0 Å². The molecule has 0 heterocycles. The zero-order valence-electron chi connectivity index (χ0n) is 9.12. The zero-order valence-corrected chi connectivity index (χ0v) is 9.12. The van der Waals surface area contributed by atoms with Gasteiger partial charge in [0.2, 0.25) is 0 Å². The van der Waals surface area contributed by atoms with Crippen LogP contribution >= 0.6 is 0 Å². The lowest BCUT2D eigenvalue weighted by molar-refractivity contribution is -0.113. The Bertz CT molecular complexity index is 209. The molecule has 0 aromatic heterocycles. The van der Waals surface area contributed by atoms with Crippen molar-refractivity contribution in [3.8, 4) is 0 Å². The number of ketones is 1. The van der Waals surface area contributed by atoms with E-state index in [9.17, 15) is 4.79 Å². The Balaban J connectivity index is 4.90. The van der Waals surface area contributed by atoms with Crippen LogP contribution in [0.15, 0.2) is 11.1 Å². The Morgan fingerprint density at radius 3 is 1.83 bits per heavy atom. The Labute approximate surface area is 75.9 Å². The van der Waals surface area contributed by atoms with Crippen LogP contribution in [-0.2, 0) is 4.79 Å². The molecule has 0 atom stereocenters. The molecule has 0 aliphatic rings. The van der Waals surface area contributed by atoms with Crippen LogP contribution in [0, 0.1) is 5.41 Å². The molecule has 0 fully saturated rings. The van der Waals surface area contributed by atoms with Gasteiger partial charge in [-0.3, -0.25) is 4.79 Å². The molecule has 0 radical (unpaired) electrons. The fourth-order valence-corrected chi connectivity index (χ4v) is 1.04. The van der Waals surface area contributed by atoms with E-state index in [1.54, 1.807) is 6.92 Å². The lowest BCUT2D eigenvalue weighted by Gasteiger charge is -2.25. The summed E-state index contributed by atoms with van der Waals surface area (Å²) < 4.78 is 0. The van der Waals surface area contributed by atoms with E-state index in [1.807, 2.05) is 6.92 Å². The van der Waals surface area contributed by atoms with Crippen LogP contribution in [0.1, 0.15) is 48.0 Å². The Morgan fingerprint density at radius 2 is 1.58 bits per heavy atom. The standard InChI is InChI=1S/C11H20O/c1-7-11(5,6)9(3)8(2)10(4)12/h7H2,1-6H3/b9-8-. The number of carbonyl (C=O) groups is 1. The number of carbonyl (C=O) groups excluding carboxylic acids is 1. The second kappa shape index (κ2) is 3.88. The predicted molar refractivity (Wildman–Crippen MR) is 53.1 cm³/mol. The van der Waals surface area contributed by atoms with Gasteiger partial charge in [-0.25, -0.2) is 0 Å². The summed E-state index contributed by atoms with van der Waals surface area (Å²) in [7, 11) is 0. The summed E-state index contributed by atoms with van der Waals surface area (Å²) >= 11 is 0. The molecule has 70 valence electrons. The number of rotatable bonds is 3. The SMILES string of the molecule is CCC(C)(C)/C(C)=C(/C)C(C)=O. The summed E-state index contributed by atoms with van der Waals surface area (Å²) in [6, 6.07) is 0. The average Bonchev–Trinajstić information content (AvgIpc) is 2.01. The van der Waals surface area contributed by atoms with E-state index in [0.29, 0.717) is 0 Å². The summed E-state index contributed by atoms with van der Waals surface area (Å²) in [6.07, 6.45) is 1.07. The van der Waals surface area contributed by atoms with Crippen LogP contribution in [0.25, 0.3) is 0 Å². The first-order chi connectivity index (χ1) is 5.33. The number of Topliss-reactive ketones (excluding diaryl/α,β-unsaturated/α-hetero) is 1. The van der Waals surface area contributed by atoms with E-state index in [0.717, 1.165) is 12.0 Å². The Kier molecular flexibility index (Phi) is 3.69. The molecular weight excluding hydrogens is 148 g/mol. The maximum absolute atomic E-state index is 11.1. The highest BCUT2D eigenvalue weighted by molar-refractivity contribution is 5.93.